The highest BCUT2D eigenvalue weighted by Gasteiger charge is 2.14. The van der Waals surface area contributed by atoms with Crippen molar-refractivity contribution in [3.8, 4) is 0 Å². The fourth-order valence-electron chi connectivity index (χ4n) is 1.77. The van der Waals surface area contributed by atoms with E-state index in [0.29, 0.717) is 13.0 Å². The van der Waals surface area contributed by atoms with E-state index in [1.165, 1.54) is 0 Å². The number of rotatable bonds is 7. The van der Waals surface area contributed by atoms with Crippen LogP contribution in [-0.4, -0.2) is 25.7 Å². The monoisotopic (exact) mass is 286 g/mol. The van der Waals surface area contributed by atoms with E-state index in [-0.39, 0.29) is 30.4 Å². The molecule has 3 N–H and O–H groups in total. The Labute approximate surface area is 121 Å². The van der Waals surface area contributed by atoms with Crippen molar-refractivity contribution < 1.29 is 9.53 Å². The van der Waals surface area contributed by atoms with Gasteiger partial charge in [0.2, 0.25) is 5.91 Å². The fraction of sp³-hybridized carbons (Fsp3) is 0.500. The van der Waals surface area contributed by atoms with Gasteiger partial charge in [0.25, 0.3) is 0 Å². The number of halogens is 1. The van der Waals surface area contributed by atoms with Gasteiger partial charge in [-0.25, -0.2) is 0 Å². The molecule has 0 aliphatic rings. The van der Waals surface area contributed by atoms with Gasteiger partial charge in [-0.3, -0.25) is 4.79 Å². The Morgan fingerprint density at radius 3 is 2.53 bits per heavy atom. The summed E-state index contributed by atoms with van der Waals surface area (Å²) in [5.74, 6) is -0.0322. The van der Waals surface area contributed by atoms with Gasteiger partial charge < -0.3 is 15.8 Å². The molecule has 2 atom stereocenters. The lowest BCUT2D eigenvalue weighted by molar-refractivity contribution is -0.122. The van der Waals surface area contributed by atoms with Crippen molar-refractivity contribution in [1.82, 2.24) is 5.32 Å². The number of methoxy groups -OCH3 is 1. The van der Waals surface area contributed by atoms with Crippen LogP contribution < -0.4 is 11.1 Å². The molecule has 4 nitrogen and oxygen atoms in total. The van der Waals surface area contributed by atoms with E-state index >= 15 is 0 Å². The second-order valence-corrected chi connectivity index (χ2v) is 4.35. The van der Waals surface area contributed by atoms with Gasteiger partial charge >= 0.3 is 0 Å². The molecule has 0 spiro atoms. The van der Waals surface area contributed by atoms with Crippen molar-refractivity contribution in [3.63, 3.8) is 0 Å². The van der Waals surface area contributed by atoms with Gasteiger partial charge in [0.1, 0.15) is 0 Å². The van der Waals surface area contributed by atoms with E-state index in [2.05, 4.69) is 5.32 Å². The SMILES string of the molecule is CCC(COC)NC(=O)CC(N)c1ccccc1.Cl. The molecule has 0 aromatic heterocycles. The van der Waals surface area contributed by atoms with Crippen LogP contribution in [0.5, 0.6) is 0 Å². The van der Waals surface area contributed by atoms with Crippen LogP contribution in [0.1, 0.15) is 31.4 Å². The minimum absolute atomic E-state index is 0. The summed E-state index contributed by atoms with van der Waals surface area (Å²) in [5, 5.41) is 2.92. The molecular weight excluding hydrogens is 264 g/mol. The molecular formula is C14H23ClN2O2. The first-order valence-electron chi connectivity index (χ1n) is 6.26. The van der Waals surface area contributed by atoms with E-state index in [0.717, 1.165) is 12.0 Å². The maximum absolute atomic E-state index is 11.8. The van der Waals surface area contributed by atoms with Crippen LogP contribution in [0.25, 0.3) is 0 Å². The summed E-state index contributed by atoms with van der Waals surface area (Å²) >= 11 is 0. The molecule has 1 rings (SSSR count). The third kappa shape index (κ3) is 6.57. The summed E-state index contributed by atoms with van der Waals surface area (Å²) < 4.78 is 5.04. The van der Waals surface area contributed by atoms with Crippen molar-refractivity contribution in [2.75, 3.05) is 13.7 Å². The fourth-order valence-corrected chi connectivity index (χ4v) is 1.77. The van der Waals surface area contributed by atoms with Crippen molar-refractivity contribution in [3.05, 3.63) is 35.9 Å². The van der Waals surface area contributed by atoms with Crippen LogP contribution in [-0.2, 0) is 9.53 Å². The summed E-state index contributed by atoms with van der Waals surface area (Å²) in [6.07, 6.45) is 1.14. The molecule has 2 unspecified atom stereocenters. The molecule has 0 fully saturated rings. The number of hydrogen-bond acceptors (Lipinski definition) is 3. The largest absolute Gasteiger partial charge is 0.383 e. The summed E-state index contributed by atoms with van der Waals surface area (Å²) in [6, 6.07) is 9.45. The maximum atomic E-state index is 11.8. The average molecular weight is 287 g/mol. The van der Waals surface area contributed by atoms with Crippen LogP contribution in [0.2, 0.25) is 0 Å². The van der Waals surface area contributed by atoms with Crippen molar-refractivity contribution >= 4 is 18.3 Å². The number of carbonyl (C=O) groups is 1. The average Bonchev–Trinajstić information content (AvgIpc) is 2.39. The third-order valence-electron chi connectivity index (χ3n) is 2.86. The molecule has 19 heavy (non-hydrogen) atoms. The molecule has 5 heteroatoms. The van der Waals surface area contributed by atoms with Gasteiger partial charge in [0, 0.05) is 19.6 Å². The normalized spacial score (nSPS) is 13.2. The summed E-state index contributed by atoms with van der Waals surface area (Å²) in [5.41, 5.74) is 6.97. The van der Waals surface area contributed by atoms with Gasteiger partial charge in [-0.15, -0.1) is 12.4 Å². The number of nitrogens with one attached hydrogen (secondary N) is 1. The predicted molar refractivity (Wildman–Crippen MR) is 79.3 cm³/mol. The van der Waals surface area contributed by atoms with Crippen molar-refractivity contribution in [1.29, 1.82) is 0 Å². The number of ether oxygens (including phenoxy) is 1. The Bertz CT molecular complexity index is 360. The molecule has 0 aliphatic heterocycles. The number of benzene rings is 1. The number of carbonyl (C=O) groups excluding carboxylic acids is 1. The second kappa shape index (κ2) is 9.78. The lowest BCUT2D eigenvalue weighted by Gasteiger charge is -2.18. The number of hydrogen-bond donors (Lipinski definition) is 2. The minimum atomic E-state index is -0.258. The van der Waals surface area contributed by atoms with Crippen LogP contribution in [0.3, 0.4) is 0 Å². The lowest BCUT2D eigenvalue weighted by atomic mass is 10.0. The van der Waals surface area contributed by atoms with E-state index in [1.807, 2.05) is 37.3 Å². The van der Waals surface area contributed by atoms with Gasteiger partial charge in [-0.05, 0) is 12.0 Å². The van der Waals surface area contributed by atoms with Gasteiger partial charge in [0.05, 0.1) is 12.6 Å². The maximum Gasteiger partial charge on any atom is 0.222 e. The third-order valence-corrected chi connectivity index (χ3v) is 2.86. The molecule has 1 aromatic carbocycles. The number of nitrogens with two attached hydrogens (primary N) is 1. The van der Waals surface area contributed by atoms with Crippen LogP contribution in [0, 0.1) is 0 Å². The molecule has 0 saturated carbocycles. The first kappa shape index (κ1) is 17.9. The number of amides is 1. The summed E-state index contributed by atoms with van der Waals surface area (Å²) in [6.45, 7) is 2.55. The highest BCUT2D eigenvalue weighted by atomic mass is 35.5. The Kier molecular flexibility index (Phi) is 9.21. The highest BCUT2D eigenvalue weighted by Crippen LogP contribution is 2.13. The molecule has 108 valence electrons. The van der Waals surface area contributed by atoms with Crippen LogP contribution in [0.15, 0.2) is 30.3 Å². The lowest BCUT2D eigenvalue weighted by Crippen LogP contribution is -2.38. The molecule has 1 aromatic rings. The Hall–Kier alpha value is -1.10. The first-order chi connectivity index (χ1) is 8.67. The zero-order valence-electron chi connectivity index (χ0n) is 11.5. The zero-order chi connectivity index (χ0) is 13.4. The first-order valence-corrected chi connectivity index (χ1v) is 6.26. The Morgan fingerprint density at radius 2 is 2.00 bits per heavy atom. The molecule has 0 radical (unpaired) electrons. The van der Waals surface area contributed by atoms with Gasteiger partial charge in [-0.2, -0.15) is 0 Å². The van der Waals surface area contributed by atoms with Gasteiger partial charge in [-0.1, -0.05) is 37.3 Å². The van der Waals surface area contributed by atoms with Gasteiger partial charge in [0.15, 0.2) is 0 Å². The highest BCUT2D eigenvalue weighted by molar-refractivity contribution is 5.85. The Balaban J connectivity index is 0.00000324. The van der Waals surface area contributed by atoms with Crippen LogP contribution >= 0.6 is 12.4 Å². The topological polar surface area (TPSA) is 64.3 Å². The minimum Gasteiger partial charge on any atom is -0.383 e. The summed E-state index contributed by atoms with van der Waals surface area (Å²) in [7, 11) is 1.63. The predicted octanol–water partition coefficient (Wildman–Crippen LogP) is 2.04. The van der Waals surface area contributed by atoms with Crippen molar-refractivity contribution in [2.24, 2.45) is 5.73 Å². The van der Waals surface area contributed by atoms with E-state index < -0.39 is 0 Å². The molecule has 0 heterocycles. The smallest absolute Gasteiger partial charge is 0.222 e. The van der Waals surface area contributed by atoms with Crippen molar-refractivity contribution in [2.45, 2.75) is 31.8 Å². The summed E-state index contributed by atoms with van der Waals surface area (Å²) in [4.78, 5) is 11.8. The standard InChI is InChI=1S/C14H22N2O2.ClH/c1-3-12(10-18-2)16-14(17)9-13(15)11-7-5-4-6-8-11;/h4-8,12-13H,3,9-10,15H2,1-2H3,(H,16,17);1H. The van der Waals surface area contributed by atoms with Crippen LogP contribution in [0.4, 0.5) is 0 Å². The quantitative estimate of drug-likeness (QED) is 0.806. The Morgan fingerprint density at radius 1 is 1.37 bits per heavy atom. The molecule has 1 amide bonds. The molecule has 0 saturated heterocycles. The second-order valence-electron chi connectivity index (χ2n) is 4.35. The molecule has 0 aliphatic carbocycles. The van der Waals surface area contributed by atoms with E-state index in [9.17, 15) is 4.79 Å². The molecule has 0 bridgehead atoms. The van der Waals surface area contributed by atoms with E-state index in [1.54, 1.807) is 7.11 Å². The zero-order valence-corrected chi connectivity index (χ0v) is 12.3. The van der Waals surface area contributed by atoms with E-state index in [4.69, 9.17) is 10.5 Å².